The van der Waals surface area contributed by atoms with Crippen LogP contribution in [0.15, 0.2) is 65.9 Å². The first-order valence-corrected chi connectivity index (χ1v) is 8.41. The first-order valence-electron chi connectivity index (χ1n) is 8.41. The van der Waals surface area contributed by atoms with E-state index in [2.05, 4.69) is 5.32 Å². The molecule has 3 rings (SSSR count). The molecule has 0 saturated heterocycles. The highest BCUT2D eigenvalue weighted by Crippen LogP contribution is 2.34. The number of hydrogen-bond donors (Lipinski definition) is 1. The summed E-state index contributed by atoms with van der Waals surface area (Å²) in [6.45, 7) is 1.77. The zero-order valence-corrected chi connectivity index (χ0v) is 14.7. The fourth-order valence-corrected chi connectivity index (χ4v) is 3.09. The Morgan fingerprint density at radius 1 is 1.19 bits per heavy atom. The predicted molar refractivity (Wildman–Crippen MR) is 97.5 cm³/mol. The summed E-state index contributed by atoms with van der Waals surface area (Å²) in [6, 6.07) is 15.2. The number of carbonyl (C=O) groups is 2. The zero-order chi connectivity index (χ0) is 19.4. The normalized spacial score (nSPS) is 16.6. The molecule has 1 amide bonds. The summed E-state index contributed by atoms with van der Waals surface area (Å²) in [5.74, 6) is -1.24. The van der Waals surface area contributed by atoms with Crippen molar-refractivity contribution in [1.29, 1.82) is 0 Å². The second kappa shape index (κ2) is 7.82. The summed E-state index contributed by atoms with van der Waals surface area (Å²) >= 11 is 0. The monoisotopic (exact) mass is 366 g/mol. The molecule has 138 valence electrons. The lowest BCUT2D eigenvalue weighted by Gasteiger charge is -2.26. The number of amides is 1. The topological polar surface area (TPSA) is 98.5 Å². The van der Waals surface area contributed by atoms with Gasteiger partial charge in [0.25, 0.3) is 5.69 Å². The van der Waals surface area contributed by atoms with E-state index in [0.717, 1.165) is 5.56 Å². The third-order valence-corrected chi connectivity index (χ3v) is 4.41. The average molecular weight is 366 g/mol. The molecule has 2 aromatic rings. The Labute approximate surface area is 155 Å². The van der Waals surface area contributed by atoms with Crippen molar-refractivity contribution in [2.45, 2.75) is 25.9 Å². The van der Waals surface area contributed by atoms with Gasteiger partial charge in [0.2, 0.25) is 5.91 Å². The number of nitrogens with zero attached hydrogens (tertiary/aromatic N) is 1. The second-order valence-corrected chi connectivity index (χ2v) is 6.25. The molecule has 0 bridgehead atoms. The maximum absolute atomic E-state index is 12.7. The molecule has 7 nitrogen and oxygen atoms in total. The van der Waals surface area contributed by atoms with Gasteiger partial charge in [-0.2, -0.15) is 0 Å². The molecular weight excluding hydrogens is 348 g/mol. The summed E-state index contributed by atoms with van der Waals surface area (Å²) in [5.41, 5.74) is 2.26. The first kappa shape index (κ1) is 18.3. The Morgan fingerprint density at radius 3 is 2.48 bits per heavy atom. The van der Waals surface area contributed by atoms with E-state index in [0.29, 0.717) is 16.8 Å². The van der Waals surface area contributed by atoms with E-state index in [9.17, 15) is 19.7 Å². The van der Waals surface area contributed by atoms with Gasteiger partial charge in [0.05, 0.1) is 10.5 Å². The summed E-state index contributed by atoms with van der Waals surface area (Å²) in [6.07, 6.45) is 0.0743. The third kappa shape index (κ3) is 4.20. The Bertz CT molecular complexity index is 904. The SMILES string of the molecule is CC1=C(C(=O)OCc2ccccc2)[C@H](c2ccc([N+](=O)[O-])cc2)CC(=O)N1. The minimum absolute atomic E-state index is 0.0482. The Hall–Kier alpha value is -3.48. The lowest BCUT2D eigenvalue weighted by molar-refractivity contribution is -0.384. The fourth-order valence-electron chi connectivity index (χ4n) is 3.09. The van der Waals surface area contributed by atoms with Crippen LogP contribution in [0.5, 0.6) is 0 Å². The molecule has 0 spiro atoms. The summed E-state index contributed by atoms with van der Waals surface area (Å²) < 4.78 is 5.43. The van der Waals surface area contributed by atoms with Gasteiger partial charge in [0.15, 0.2) is 0 Å². The fraction of sp³-hybridized carbons (Fsp3) is 0.200. The largest absolute Gasteiger partial charge is 0.457 e. The number of ether oxygens (including phenoxy) is 1. The quantitative estimate of drug-likeness (QED) is 0.498. The summed E-state index contributed by atoms with van der Waals surface area (Å²) in [5, 5.41) is 13.5. The molecule has 27 heavy (non-hydrogen) atoms. The van der Waals surface area contributed by atoms with Crippen LogP contribution in [-0.4, -0.2) is 16.8 Å². The maximum atomic E-state index is 12.7. The van der Waals surface area contributed by atoms with E-state index in [1.54, 1.807) is 19.1 Å². The highest BCUT2D eigenvalue weighted by Gasteiger charge is 2.33. The van der Waals surface area contributed by atoms with E-state index < -0.39 is 16.8 Å². The molecule has 0 fully saturated rings. The van der Waals surface area contributed by atoms with E-state index in [-0.39, 0.29) is 24.6 Å². The highest BCUT2D eigenvalue weighted by atomic mass is 16.6. The van der Waals surface area contributed by atoms with Crippen LogP contribution < -0.4 is 5.32 Å². The van der Waals surface area contributed by atoms with Gasteiger partial charge in [-0.25, -0.2) is 4.79 Å². The minimum atomic E-state index is -0.514. The number of allylic oxidation sites excluding steroid dienone is 1. The number of hydrogen-bond acceptors (Lipinski definition) is 5. The van der Waals surface area contributed by atoms with Crippen molar-refractivity contribution in [2.75, 3.05) is 0 Å². The Balaban J connectivity index is 1.85. The number of carbonyl (C=O) groups excluding carboxylic acids is 2. The Morgan fingerprint density at radius 2 is 1.85 bits per heavy atom. The minimum Gasteiger partial charge on any atom is -0.457 e. The predicted octanol–water partition coefficient (Wildman–Crippen LogP) is 3.22. The standard InChI is InChI=1S/C20H18N2O5/c1-13-19(20(24)27-12-14-5-3-2-4-6-14)17(11-18(23)21-13)15-7-9-16(10-8-15)22(25)26/h2-10,17H,11-12H2,1H3,(H,21,23)/t17-/m0/s1. The smallest absolute Gasteiger partial charge is 0.336 e. The van der Waals surface area contributed by atoms with Gasteiger partial charge in [-0.3, -0.25) is 14.9 Å². The molecular formula is C20H18N2O5. The van der Waals surface area contributed by atoms with Crippen LogP contribution in [0.2, 0.25) is 0 Å². The van der Waals surface area contributed by atoms with Crippen molar-refractivity contribution >= 4 is 17.6 Å². The van der Waals surface area contributed by atoms with Gasteiger partial charge in [-0.1, -0.05) is 42.5 Å². The van der Waals surface area contributed by atoms with E-state index in [4.69, 9.17) is 4.74 Å². The third-order valence-electron chi connectivity index (χ3n) is 4.41. The molecule has 1 atom stereocenters. The van der Waals surface area contributed by atoms with Gasteiger partial charge in [0.1, 0.15) is 6.61 Å². The van der Waals surface area contributed by atoms with Crippen LogP contribution in [0.25, 0.3) is 0 Å². The molecule has 1 heterocycles. The number of nitrogens with one attached hydrogen (secondary N) is 1. The number of rotatable bonds is 5. The second-order valence-electron chi connectivity index (χ2n) is 6.25. The number of non-ortho nitro benzene ring substituents is 1. The highest BCUT2D eigenvalue weighted by molar-refractivity contribution is 5.95. The number of nitro groups is 1. The van der Waals surface area contributed by atoms with Crippen LogP contribution in [0, 0.1) is 10.1 Å². The molecule has 1 aliphatic heterocycles. The molecule has 0 radical (unpaired) electrons. The molecule has 1 N–H and O–H groups in total. The van der Waals surface area contributed by atoms with Crippen molar-refractivity contribution in [2.24, 2.45) is 0 Å². The van der Waals surface area contributed by atoms with Crippen LogP contribution in [-0.2, 0) is 20.9 Å². The van der Waals surface area contributed by atoms with Crippen LogP contribution in [0.4, 0.5) is 5.69 Å². The number of benzene rings is 2. The van der Waals surface area contributed by atoms with Gasteiger partial charge in [0, 0.05) is 30.2 Å². The van der Waals surface area contributed by atoms with Crippen molar-refractivity contribution in [1.82, 2.24) is 5.32 Å². The van der Waals surface area contributed by atoms with Crippen LogP contribution >= 0.6 is 0 Å². The molecule has 0 saturated carbocycles. The lowest BCUT2D eigenvalue weighted by Crippen LogP contribution is -2.34. The van der Waals surface area contributed by atoms with Gasteiger partial charge in [-0.05, 0) is 18.1 Å². The number of nitro benzene ring substituents is 1. The first-order chi connectivity index (χ1) is 13.0. The molecule has 2 aromatic carbocycles. The lowest BCUT2D eigenvalue weighted by atomic mass is 9.84. The van der Waals surface area contributed by atoms with Crippen molar-refractivity contribution in [3.8, 4) is 0 Å². The average Bonchev–Trinajstić information content (AvgIpc) is 2.66. The van der Waals surface area contributed by atoms with Crippen molar-refractivity contribution < 1.29 is 19.2 Å². The van der Waals surface area contributed by atoms with Crippen LogP contribution in [0.3, 0.4) is 0 Å². The van der Waals surface area contributed by atoms with Crippen molar-refractivity contribution in [3.63, 3.8) is 0 Å². The molecule has 7 heteroatoms. The molecule has 0 aliphatic carbocycles. The van der Waals surface area contributed by atoms with Crippen LogP contribution in [0.1, 0.15) is 30.4 Å². The summed E-state index contributed by atoms with van der Waals surface area (Å²) in [7, 11) is 0. The van der Waals surface area contributed by atoms with Crippen molar-refractivity contribution in [3.05, 3.63) is 87.1 Å². The number of esters is 1. The van der Waals surface area contributed by atoms with Gasteiger partial charge >= 0.3 is 5.97 Å². The maximum Gasteiger partial charge on any atom is 0.336 e. The van der Waals surface area contributed by atoms with E-state index >= 15 is 0 Å². The zero-order valence-electron chi connectivity index (χ0n) is 14.7. The van der Waals surface area contributed by atoms with E-state index in [1.807, 2.05) is 30.3 Å². The van der Waals surface area contributed by atoms with Gasteiger partial charge in [-0.15, -0.1) is 0 Å². The Kier molecular flexibility index (Phi) is 5.30. The van der Waals surface area contributed by atoms with Gasteiger partial charge < -0.3 is 10.1 Å². The van der Waals surface area contributed by atoms with E-state index in [1.165, 1.54) is 12.1 Å². The molecule has 0 unspecified atom stereocenters. The summed E-state index contributed by atoms with van der Waals surface area (Å²) in [4.78, 5) is 35.0. The molecule has 0 aromatic heterocycles. The molecule has 1 aliphatic rings.